The van der Waals surface area contributed by atoms with Crippen molar-refractivity contribution in [3.8, 4) is 0 Å². The molecule has 0 atom stereocenters. The van der Waals surface area contributed by atoms with E-state index in [0.29, 0.717) is 0 Å². The van der Waals surface area contributed by atoms with Crippen LogP contribution in [0.15, 0.2) is 24.3 Å². The Labute approximate surface area is 78.6 Å². The third-order valence-corrected chi connectivity index (χ3v) is 2.99. The Balaban J connectivity index is 2.60. The summed E-state index contributed by atoms with van der Waals surface area (Å²) in [5.74, 6) is 0.831. The van der Waals surface area contributed by atoms with Crippen LogP contribution in [0, 0.1) is 6.92 Å². The molecule has 3 nitrogen and oxygen atoms in total. The molecule has 4 heteroatoms. The summed E-state index contributed by atoms with van der Waals surface area (Å²) in [5, 5.41) is 4.32. The second kappa shape index (κ2) is 2.29. The van der Waals surface area contributed by atoms with Crippen molar-refractivity contribution in [2.75, 3.05) is 0 Å². The molecule has 0 fully saturated rings. The molecule has 64 valence electrons. The number of aromatic nitrogens is 3. The number of hydrogen-bond acceptors (Lipinski definition) is 3. The highest BCUT2D eigenvalue weighted by Crippen LogP contribution is 2.24. The summed E-state index contributed by atoms with van der Waals surface area (Å²) in [6, 6.07) is 8.20. The van der Waals surface area contributed by atoms with Crippen LogP contribution in [0.5, 0.6) is 0 Å². The van der Waals surface area contributed by atoms with Gasteiger partial charge in [0.2, 0.25) is 4.96 Å². The van der Waals surface area contributed by atoms with E-state index in [2.05, 4.69) is 22.2 Å². The third kappa shape index (κ3) is 0.890. The van der Waals surface area contributed by atoms with Crippen molar-refractivity contribution < 1.29 is 0 Å². The van der Waals surface area contributed by atoms with Crippen LogP contribution in [0.2, 0.25) is 0 Å². The van der Waals surface area contributed by atoms with Crippen molar-refractivity contribution in [2.45, 2.75) is 6.92 Å². The number of hydrogen-bond donors (Lipinski definition) is 0. The van der Waals surface area contributed by atoms with Crippen LogP contribution in [0.1, 0.15) is 5.82 Å². The predicted molar refractivity (Wildman–Crippen MR) is 53.1 cm³/mol. The Kier molecular flexibility index (Phi) is 1.24. The average molecular weight is 189 g/mol. The van der Waals surface area contributed by atoms with Crippen LogP contribution in [-0.2, 0) is 0 Å². The number of benzene rings is 1. The maximum atomic E-state index is 4.32. The standard InChI is InChI=1S/C9H7N3S/c1-6-10-9-12(11-6)7-4-2-3-5-8(7)13-9/h2-5H,1H3. The van der Waals surface area contributed by atoms with E-state index in [4.69, 9.17) is 0 Å². The Morgan fingerprint density at radius 1 is 1.31 bits per heavy atom. The minimum absolute atomic E-state index is 0.831. The summed E-state index contributed by atoms with van der Waals surface area (Å²) in [7, 11) is 0. The van der Waals surface area contributed by atoms with E-state index < -0.39 is 0 Å². The number of para-hydroxylation sites is 1. The smallest absolute Gasteiger partial charge is 0.203 e. The number of thiazole rings is 1. The molecule has 13 heavy (non-hydrogen) atoms. The molecule has 0 amide bonds. The minimum Gasteiger partial charge on any atom is -0.203 e. The van der Waals surface area contributed by atoms with Crippen LogP contribution < -0.4 is 0 Å². The highest BCUT2D eigenvalue weighted by molar-refractivity contribution is 7.23. The molecule has 0 aliphatic heterocycles. The lowest BCUT2D eigenvalue weighted by atomic mass is 10.3. The van der Waals surface area contributed by atoms with E-state index in [9.17, 15) is 0 Å². The van der Waals surface area contributed by atoms with E-state index in [0.717, 1.165) is 16.3 Å². The summed E-state index contributed by atoms with van der Waals surface area (Å²) in [5.41, 5.74) is 1.14. The fraction of sp³-hybridized carbons (Fsp3) is 0.111. The molecule has 3 rings (SSSR count). The van der Waals surface area contributed by atoms with Gasteiger partial charge in [0.1, 0.15) is 5.82 Å². The zero-order valence-electron chi connectivity index (χ0n) is 7.06. The molecule has 0 saturated carbocycles. The zero-order valence-corrected chi connectivity index (χ0v) is 7.88. The second-order valence-corrected chi connectivity index (χ2v) is 3.93. The van der Waals surface area contributed by atoms with Crippen LogP contribution in [0.4, 0.5) is 0 Å². The number of nitrogens with zero attached hydrogens (tertiary/aromatic N) is 3. The maximum absolute atomic E-state index is 4.32. The van der Waals surface area contributed by atoms with Gasteiger partial charge in [-0.3, -0.25) is 0 Å². The highest BCUT2D eigenvalue weighted by Gasteiger charge is 2.06. The quantitative estimate of drug-likeness (QED) is 0.543. The number of rotatable bonds is 0. The molecule has 0 radical (unpaired) electrons. The molecule has 0 unspecified atom stereocenters. The lowest BCUT2D eigenvalue weighted by Crippen LogP contribution is -1.82. The Hall–Kier alpha value is -1.42. The summed E-state index contributed by atoms with van der Waals surface area (Å²) in [6.07, 6.45) is 0. The zero-order chi connectivity index (χ0) is 8.84. The minimum atomic E-state index is 0.831. The summed E-state index contributed by atoms with van der Waals surface area (Å²) in [4.78, 5) is 5.29. The fourth-order valence-corrected chi connectivity index (χ4v) is 2.44. The molecular weight excluding hydrogens is 182 g/mol. The van der Waals surface area contributed by atoms with Gasteiger partial charge in [-0.15, -0.1) is 0 Å². The Morgan fingerprint density at radius 2 is 2.15 bits per heavy atom. The second-order valence-electron chi connectivity index (χ2n) is 2.92. The van der Waals surface area contributed by atoms with Crippen molar-refractivity contribution in [1.82, 2.24) is 14.6 Å². The molecule has 0 spiro atoms. The fourth-order valence-electron chi connectivity index (χ4n) is 1.44. The molecule has 1 aromatic carbocycles. The van der Waals surface area contributed by atoms with Crippen molar-refractivity contribution in [3.63, 3.8) is 0 Å². The van der Waals surface area contributed by atoms with Crippen molar-refractivity contribution >= 4 is 26.5 Å². The summed E-state index contributed by atoms with van der Waals surface area (Å²) < 4.78 is 3.13. The maximum Gasteiger partial charge on any atom is 0.213 e. The molecule has 2 aromatic heterocycles. The van der Waals surface area contributed by atoms with Gasteiger partial charge in [0, 0.05) is 0 Å². The lowest BCUT2D eigenvalue weighted by molar-refractivity contribution is 0.971. The van der Waals surface area contributed by atoms with Crippen LogP contribution in [0.25, 0.3) is 15.2 Å². The first-order chi connectivity index (χ1) is 6.34. The molecule has 0 bridgehead atoms. The van der Waals surface area contributed by atoms with E-state index >= 15 is 0 Å². The van der Waals surface area contributed by atoms with Crippen molar-refractivity contribution in [3.05, 3.63) is 30.1 Å². The van der Waals surface area contributed by atoms with Crippen LogP contribution in [-0.4, -0.2) is 14.6 Å². The molecule has 0 aliphatic carbocycles. The highest BCUT2D eigenvalue weighted by atomic mass is 32.1. The van der Waals surface area contributed by atoms with Gasteiger partial charge >= 0.3 is 0 Å². The SMILES string of the molecule is Cc1nc2sc3ccccc3n2n1. The van der Waals surface area contributed by atoms with Crippen molar-refractivity contribution in [2.24, 2.45) is 0 Å². The first kappa shape index (κ1) is 7.03. The Bertz CT molecular complexity index is 579. The average Bonchev–Trinajstić information content (AvgIpc) is 2.60. The lowest BCUT2D eigenvalue weighted by Gasteiger charge is -1.86. The van der Waals surface area contributed by atoms with E-state index in [1.54, 1.807) is 11.3 Å². The van der Waals surface area contributed by atoms with E-state index in [1.165, 1.54) is 4.70 Å². The molecule has 0 N–H and O–H groups in total. The normalized spacial score (nSPS) is 11.5. The molecule has 3 aromatic rings. The predicted octanol–water partition coefficient (Wildman–Crippen LogP) is 2.25. The van der Waals surface area contributed by atoms with Gasteiger partial charge in [0.05, 0.1) is 10.2 Å². The van der Waals surface area contributed by atoms with Crippen LogP contribution in [0.3, 0.4) is 0 Å². The number of aryl methyl sites for hydroxylation is 1. The number of fused-ring (bicyclic) bond motifs is 3. The van der Waals surface area contributed by atoms with Gasteiger partial charge in [-0.1, -0.05) is 23.5 Å². The first-order valence-electron chi connectivity index (χ1n) is 4.05. The summed E-state index contributed by atoms with van der Waals surface area (Å²) in [6.45, 7) is 1.91. The van der Waals surface area contributed by atoms with Gasteiger partial charge in [-0.25, -0.2) is 9.50 Å². The topological polar surface area (TPSA) is 30.2 Å². The van der Waals surface area contributed by atoms with Gasteiger partial charge in [0.25, 0.3) is 0 Å². The van der Waals surface area contributed by atoms with Gasteiger partial charge in [-0.2, -0.15) is 5.10 Å². The van der Waals surface area contributed by atoms with Gasteiger partial charge in [0.15, 0.2) is 0 Å². The third-order valence-electron chi connectivity index (χ3n) is 1.98. The van der Waals surface area contributed by atoms with E-state index in [-0.39, 0.29) is 0 Å². The monoisotopic (exact) mass is 189 g/mol. The van der Waals surface area contributed by atoms with Crippen LogP contribution >= 0.6 is 11.3 Å². The largest absolute Gasteiger partial charge is 0.213 e. The van der Waals surface area contributed by atoms with Gasteiger partial charge < -0.3 is 0 Å². The molecular formula is C9H7N3S. The Morgan fingerprint density at radius 3 is 3.08 bits per heavy atom. The first-order valence-corrected chi connectivity index (χ1v) is 4.87. The van der Waals surface area contributed by atoms with E-state index in [1.807, 2.05) is 23.6 Å². The van der Waals surface area contributed by atoms with Crippen molar-refractivity contribution in [1.29, 1.82) is 0 Å². The molecule has 2 heterocycles. The van der Waals surface area contributed by atoms with Gasteiger partial charge in [-0.05, 0) is 19.1 Å². The molecule has 0 saturated heterocycles. The molecule has 0 aliphatic rings. The summed E-state index contributed by atoms with van der Waals surface area (Å²) >= 11 is 1.67.